The summed E-state index contributed by atoms with van der Waals surface area (Å²) in [4.78, 5) is 4.59. The molecule has 3 N–H and O–H groups in total. The van der Waals surface area contributed by atoms with E-state index in [2.05, 4.69) is 15.0 Å². The zero-order chi connectivity index (χ0) is 15.2. The van der Waals surface area contributed by atoms with E-state index in [-0.39, 0.29) is 12.4 Å². The number of β-amino-alcohol motifs (C(OH)–C–C–N with tert-alkyl or cyclic N) is 1. The highest BCUT2D eigenvalue weighted by molar-refractivity contribution is 6.00. The predicted octanol–water partition coefficient (Wildman–Crippen LogP) is 0.700. The molecule has 6 heteroatoms. The number of rotatable bonds is 5. The molecule has 0 saturated carbocycles. The van der Waals surface area contributed by atoms with Gasteiger partial charge in [-0.05, 0) is 24.6 Å². The second-order valence-electron chi connectivity index (χ2n) is 5.38. The molecule has 1 aromatic rings. The maximum absolute atomic E-state index is 9.80. The van der Waals surface area contributed by atoms with Crippen LogP contribution in [0.5, 0.6) is 5.75 Å². The number of aliphatic hydroxyl groups is 1. The minimum atomic E-state index is 0.127. The van der Waals surface area contributed by atoms with Gasteiger partial charge in [0, 0.05) is 44.8 Å². The number of phenols is 1. The first-order valence-corrected chi connectivity index (χ1v) is 7.20. The van der Waals surface area contributed by atoms with Gasteiger partial charge >= 0.3 is 0 Å². The first-order valence-electron chi connectivity index (χ1n) is 7.20. The lowest BCUT2D eigenvalue weighted by molar-refractivity contribution is 0.108. The van der Waals surface area contributed by atoms with E-state index in [0.717, 1.165) is 44.8 Å². The van der Waals surface area contributed by atoms with Crippen LogP contribution in [0.2, 0.25) is 0 Å². The van der Waals surface area contributed by atoms with Crippen LogP contribution in [-0.4, -0.2) is 70.3 Å². The molecular formula is C15H23N3O3. The third-order valence-electron chi connectivity index (χ3n) is 3.89. The van der Waals surface area contributed by atoms with E-state index in [1.807, 2.05) is 12.1 Å². The van der Waals surface area contributed by atoms with Crippen molar-refractivity contribution < 1.29 is 15.4 Å². The molecule has 0 bridgehead atoms. The molecule has 0 aromatic heterocycles. The molecule has 2 rings (SSSR count). The Hall–Kier alpha value is -1.63. The number of hydrogen-bond donors (Lipinski definition) is 3. The first-order chi connectivity index (χ1) is 10.1. The lowest BCUT2D eigenvalue weighted by Crippen LogP contribution is -2.46. The molecule has 116 valence electrons. The van der Waals surface area contributed by atoms with Crippen molar-refractivity contribution in [2.45, 2.75) is 13.5 Å². The Morgan fingerprint density at radius 2 is 1.86 bits per heavy atom. The van der Waals surface area contributed by atoms with Crippen molar-refractivity contribution in [1.29, 1.82) is 0 Å². The van der Waals surface area contributed by atoms with E-state index < -0.39 is 0 Å². The lowest BCUT2D eigenvalue weighted by Gasteiger charge is -2.34. The van der Waals surface area contributed by atoms with E-state index in [1.165, 1.54) is 0 Å². The Bertz CT molecular complexity index is 497. The van der Waals surface area contributed by atoms with Crippen LogP contribution in [0.1, 0.15) is 18.1 Å². The van der Waals surface area contributed by atoms with Gasteiger partial charge < -0.3 is 15.4 Å². The highest BCUT2D eigenvalue weighted by atomic mass is 16.4. The van der Waals surface area contributed by atoms with Gasteiger partial charge in [0.1, 0.15) is 5.75 Å². The third-order valence-corrected chi connectivity index (χ3v) is 3.89. The Balaban J connectivity index is 1.98. The van der Waals surface area contributed by atoms with Crippen LogP contribution in [-0.2, 0) is 6.54 Å². The largest absolute Gasteiger partial charge is 0.507 e. The summed E-state index contributed by atoms with van der Waals surface area (Å²) in [7, 11) is 0. The standard InChI is InChI=1S/C15H23N3O3/c1-12(16-21)14-10-13(2-3-15(14)20)11-18-6-4-17(5-7-18)8-9-19/h2-3,10,19-21H,4-9,11H2,1H3. The van der Waals surface area contributed by atoms with Crippen molar-refractivity contribution in [1.82, 2.24) is 9.80 Å². The molecule has 1 aliphatic rings. The minimum Gasteiger partial charge on any atom is -0.507 e. The number of oxime groups is 1. The van der Waals surface area contributed by atoms with Crippen molar-refractivity contribution in [2.75, 3.05) is 39.3 Å². The van der Waals surface area contributed by atoms with Crippen molar-refractivity contribution in [3.63, 3.8) is 0 Å². The molecule has 21 heavy (non-hydrogen) atoms. The molecule has 1 aliphatic heterocycles. The quantitative estimate of drug-likeness (QED) is 0.423. The molecule has 0 aliphatic carbocycles. The molecule has 1 heterocycles. The Labute approximate surface area is 124 Å². The highest BCUT2D eigenvalue weighted by Gasteiger charge is 2.17. The fourth-order valence-electron chi connectivity index (χ4n) is 2.60. The fourth-order valence-corrected chi connectivity index (χ4v) is 2.60. The molecule has 1 saturated heterocycles. The number of hydrogen-bond acceptors (Lipinski definition) is 6. The molecule has 1 fully saturated rings. The Morgan fingerprint density at radius 3 is 2.48 bits per heavy atom. The van der Waals surface area contributed by atoms with Gasteiger partial charge in [-0.25, -0.2) is 0 Å². The van der Waals surface area contributed by atoms with Gasteiger partial charge in [0.05, 0.1) is 12.3 Å². The smallest absolute Gasteiger partial charge is 0.124 e. The molecule has 6 nitrogen and oxygen atoms in total. The summed E-state index contributed by atoms with van der Waals surface area (Å²) in [5.74, 6) is 0.127. The normalized spacial score (nSPS) is 18.1. The first kappa shape index (κ1) is 15.8. The molecule has 0 spiro atoms. The van der Waals surface area contributed by atoms with Crippen LogP contribution in [0, 0.1) is 0 Å². The minimum absolute atomic E-state index is 0.127. The third kappa shape index (κ3) is 4.17. The van der Waals surface area contributed by atoms with E-state index in [4.69, 9.17) is 10.3 Å². The number of piperazine rings is 1. The van der Waals surface area contributed by atoms with Gasteiger partial charge in [0.15, 0.2) is 0 Å². The van der Waals surface area contributed by atoms with Gasteiger partial charge in [0.2, 0.25) is 0 Å². The van der Waals surface area contributed by atoms with Crippen molar-refractivity contribution in [3.8, 4) is 5.75 Å². The van der Waals surface area contributed by atoms with Crippen LogP contribution >= 0.6 is 0 Å². The molecule has 0 atom stereocenters. The fraction of sp³-hybridized carbons (Fsp3) is 0.533. The lowest BCUT2D eigenvalue weighted by atomic mass is 10.1. The average molecular weight is 293 g/mol. The molecule has 0 amide bonds. The maximum Gasteiger partial charge on any atom is 0.124 e. The predicted molar refractivity (Wildman–Crippen MR) is 80.9 cm³/mol. The molecular weight excluding hydrogens is 270 g/mol. The van der Waals surface area contributed by atoms with E-state index in [9.17, 15) is 5.11 Å². The highest BCUT2D eigenvalue weighted by Crippen LogP contribution is 2.20. The average Bonchev–Trinajstić information content (AvgIpc) is 2.50. The molecule has 1 aromatic carbocycles. The maximum atomic E-state index is 9.80. The Morgan fingerprint density at radius 1 is 1.19 bits per heavy atom. The monoisotopic (exact) mass is 293 g/mol. The van der Waals surface area contributed by atoms with Gasteiger partial charge in [-0.3, -0.25) is 9.80 Å². The van der Waals surface area contributed by atoms with Crippen LogP contribution < -0.4 is 0 Å². The summed E-state index contributed by atoms with van der Waals surface area (Å²) in [6, 6.07) is 5.40. The van der Waals surface area contributed by atoms with Gasteiger partial charge in [-0.1, -0.05) is 11.2 Å². The summed E-state index contributed by atoms with van der Waals surface area (Å²) in [5, 5.41) is 30.7. The number of aromatic hydroxyl groups is 1. The second-order valence-corrected chi connectivity index (χ2v) is 5.38. The summed E-state index contributed by atoms with van der Waals surface area (Å²) in [6.45, 7) is 7.26. The van der Waals surface area contributed by atoms with E-state index in [1.54, 1.807) is 13.0 Å². The molecule has 0 radical (unpaired) electrons. The SMILES string of the molecule is CC(=NO)c1cc(CN2CCN(CCO)CC2)ccc1O. The van der Waals surface area contributed by atoms with E-state index in [0.29, 0.717) is 11.3 Å². The van der Waals surface area contributed by atoms with Crippen molar-refractivity contribution >= 4 is 5.71 Å². The van der Waals surface area contributed by atoms with Crippen LogP contribution in [0.4, 0.5) is 0 Å². The van der Waals surface area contributed by atoms with Crippen LogP contribution in [0.15, 0.2) is 23.4 Å². The van der Waals surface area contributed by atoms with Gasteiger partial charge in [0.25, 0.3) is 0 Å². The van der Waals surface area contributed by atoms with Gasteiger partial charge in [-0.2, -0.15) is 0 Å². The number of nitrogens with zero attached hydrogens (tertiary/aromatic N) is 3. The number of aliphatic hydroxyl groups excluding tert-OH is 1. The van der Waals surface area contributed by atoms with Crippen LogP contribution in [0.3, 0.4) is 0 Å². The van der Waals surface area contributed by atoms with E-state index >= 15 is 0 Å². The topological polar surface area (TPSA) is 79.5 Å². The summed E-state index contributed by atoms with van der Waals surface area (Å²) < 4.78 is 0. The number of phenolic OH excluding ortho intramolecular Hbond substituents is 1. The van der Waals surface area contributed by atoms with Gasteiger partial charge in [-0.15, -0.1) is 0 Å². The summed E-state index contributed by atoms with van der Waals surface area (Å²) in [6.07, 6.45) is 0. The zero-order valence-corrected chi connectivity index (χ0v) is 12.4. The summed E-state index contributed by atoms with van der Waals surface area (Å²) >= 11 is 0. The Kier molecular flexibility index (Phi) is 5.55. The zero-order valence-electron chi connectivity index (χ0n) is 12.4. The van der Waals surface area contributed by atoms with Crippen LogP contribution in [0.25, 0.3) is 0 Å². The number of benzene rings is 1. The summed E-state index contributed by atoms with van der Waals surface area (Å²) in [5.41, 5.74) is 2.05. The molecule has 0 unspecified atom stereocenters. The second kappa shape index (κ2) is 7.40. The van der Waals surface area contributed by atoms with Crippen molar-refractivity contribution in [2.24, 2.45) is 5.16 Å². The van der Waals surface area contributed by atoms with Crippen molar-refractivity contribution in [3.05, 3.63) is 29.3 Å².